The summed E-state index contributed by atoms with van der Waals surface area (Å²) >= 11 is 11.9. The summed E-state index contributed by atoms with van der Waals surface area (Å²) in [5, 5.41) is 15.4. The third-order valence-electron chi connectivity index (χ3n) is 4.02. The minimum Gasteiger partial charge on any atom is -0.312 e. The number of rotatable bonds is 6. The van der Waals surface area contributed by atoms with E-state index in [0.717, 1.165) is 11.1 Å². The molecule has 0 aliphatic carbocycles. The largest absolute Gasteiger partial charge is 0.367 e. The molecule has 0 atom stereocenters. The van der Waals surface area contributed by atoms with Gasteiger partial charge in [0, 0.05) is 23.6 Å². The number of oxime groups is 1. The molecule has 0 heterocycles. The van der Waals surface area contributed by atoms with E-state index in [1.165, 1.54) is 30.3 Å². The number of carbonyl (C=O) groups excluding carboxylic acids is 1. The van der Waals surface area contributed by atoms with Gasteiger partial charge in [0.25, 0.3) is 5.69 Å². The average Bonchev–Trinajstić information content (AvgIpc) is 2.72. The summed E-state index contributed by atoms with van der Waals surface area (Å²) in [5.41, 5.74) is 2.15. The maximum absolute atomic E-state index is 12.4. The topological polar surface area (TPSA) is 81.8 Å². The lowest BCUT2D eigenvalue weighted by Crippen LogP contribution is -2.09. The van der Waals surface area contributed by atoms with E-state index in [9.17, 15) is 14.9 Å². The van der Waals surface area contributed by atoms with Gasteiger partial charge in [-0.15, -0.1) is 0 Å². The molecule has 29 heavy (non-hydrogen) atoms. The van der Waals surface area contributed by atoms with Crippen LogP contribution in [0.25, 0.3) is 0 Å². The Kier molecular flexibility index (Phi) is 6.59. The highest BCUT2D eigenvalue weighted by molar-refractivity contribution is 6.36. The normalized spacial score (nSPS) is 11.2. The Morgan fingerprint density at radius 3 is 2.31 bits per heavy atom. The fraction of sp³-hybridized carbons (Fsp3) is 0.0476. The van der Waals surface area contributed by atoms with Gasteiger partial charge >= 0.3 is 5.97 Å². The SMILES string of the molecule is O=C(O/N=C(\Cc1ccc([N+](=O)[O-])cc1)c1ccccc1)c1ccc(Cl)cc1Cl. The van der Waals surface area contributed by atoms with Crippen LogP contribution < -0.4 is 0 Å². The van der Waals surface area contributed by atoms with Crippen LogP contribution in [0.5, 0.6) is 0 Å². The summed E-state index contributed by atoms with van der Waals surface area (Å²) in [7, 11) is 0. The van der Waals surface area contributed by atoms with Gasteiger partial charge in [-0.05, 0) is 29.3 Å². The van der Waals surface area contributed by atoms with Crippen molar-refractivity contribution >= 4 is 40.6 Å². The van der Waals surface area contributed by atoms with E-state index in [4.69, 9.17) is 28.0 Å². The zero-order valence-corrected chi connectivity index (χ0v) is 16.4. The van der Waals surface area contributed by atoms with E-state index in [2.05, 4.69) is 5.16 Å². The van der Waals surface area contributed by atoms with E-state index in [-0.39, 0.29) is 16.3 Å². The van der Waals surface area contributed by atoms with Gasteiger partial charge in [-0.3, -0.25) is 10.1 Å². The van der Waals surface area contributed by atoms with Gasteiger partial charge in [0.1, 0.15) is 0 Å². The first-order valence-electron chi connectivity index (χ1n) is 8.46. The van der Waals surface area contributed by atoms with Gasteiger partial charge in [0.15, 0.2) is 0 Å². The molecule has 3 aromatic carbocycles. The van der Waals surface area contributed by atoms with Crippen molar-refractivity contribution in [1.29, 1.82) is 0 Å². The molecule has 3 rings (SSSR count). The summed E-state index contributed by atoms with van der Waals surface area (Å²) in [6, 6.07) is 19.7. The molecule has 146 valence electrons. The van der Waals surface area contributed by atoms with Crippen LogP contribution in [-0.2, 0) is 11.3 Å². The standard InChI is InChI=1S/C21H14Cl2N2O4/c22-16-8-11-18(19(23)13-16)21(26)29-24-20(15-4-2-1-3-5-15)12-14-6-9-17(10-7-14)25(27)28/h1-11,13H,12H2/b24-20+. The van der Waals surface area contributed by atoms with Crippen LogP contribution in [0.1, 0.15) is 21.5 Å². The number of nitrogens with zero attached hydrogens (tertiary/aromatic N) is 2. The van der Waals surface area contributed by atoms with Crippen LogP contribution in [0, 0.1) is 10.1 Å². The summed E-state index contributed by atoms with van der Waals surface area (Å²) in [4.78, 5) is 27.8. The average molecular weight is 429 g/mol. The number of nitro benzene ring substituents is 1. The molecule has 0 aliphatic rings. The molecule has 0 N–H and O–H groups in total. The first kappa shape index (κ1) is 20.5. The second kappa shape index (κ2) is 9.32. The molecule has 0 bridgehead atoms. The van der Waals surface area contributed by atoms with Crippen LogP contribution in [0.2, 0.25) is 10.0 Å². The Balaban J connectivity index is 1.85. The van der Waals surface area contributed by atoms with E-state index >= 15 is 0 Å². The van der Waals surface area contributed by atoms with Gasteiger partial charge in [0.2, 0.25) is 0 Å². The molecule has 0 radical (unpaired) electrons. The first-order chi connectivity index (χ1) is 13.9. The smallest absolute Gasteiger partial charge is 0.312 e. The molecule has 6 nitrogen and oxygen atoms in total. The van der Waals surface area contributed by atoms with Crippen LogP contribution >= 0.6 is 23.2 Å². The summed E-state index contributed by atoms with van der Waals surface area (Å²) in [6.07, 6.45) is 0.309. The van der Waals surface area contributed by atoms with E-state index in [0.29, 0.717) is 17.2 Å². The van der Waals surface area contributed by atoms with Crippen molar-refractivity contribution in [2.24, 2.45) is 5.16 Å². The fourth-order valence-electron chi connectivity index (χ4n) is 2.55. The predicted molar refractivity (Wildman–Crippen MR) is 112 cm³/mol. The molecule has 0 aliphatic heterocycles. The Bertz CT molecular complexity index is 1070. The molecule has 0 spiro atoms. The van der Waals surface area contributed by atoms with E-state index in [1.807, 2.05) is 30.3 Å². The maximum atomic E-state index is 12.4. The molecule has 0 amide bonds. The minimum atomic E-state index is -0.719. The van der Waals surface area contributed by atoms with Crippen molar-refractivity contribution in [3.8, 4) is 0 Å². The lowest BCUT2D eigenvalue weighted by atomic mass is 10.0. The lowest BCUT2D eigenvalue weighted by Gasteiger charge is -2.08. The monoisotopic (exact) mass is 428 g/mol. The van der Waals surface area contributed by atoms with Crippen LogP contribution in [0.3, 0.4) is 0 Å². The summed E-state index contributed by atoms with van der Waals surface area (Å²) < 4.78 is 0. The van der Waals surface area contributed by atoms with Gasteiger partial charge in [-0.25, -0.2) is 4.79 Å². The summed E-state index contributed by atoms with van der Waals surface area (Å²) in [6.45, 7) is 0. The third kappa shape index (κ3) is 5.40. The zero-order valence-electron chi connectivity index (χ0n) is 14.9. The Hall–Kier alpha value is -3.22. The van der Waals surface area contributed by atoms with E-state index in [1.54, 1.807) is 12.1 Å². The zero-order chi connectivity index (χ0) is 20.8. The third-order valence-corrected chi connectivity index (χ3v) is 4.56. The molecule has 0 aromatic heterocycles. The molecule has 0 saturated heterocycles. The number of hydrogen-bond donors (Lipinski definition) is 0. The molecular formula is C21H14Cl2N2O4. The fourth-order valence-corrected chi connectivity index (χ4v) is 3.03. The second-order valence-corrected chi connectivity index (χ2v) is 6.85. The van der Waals surface area contributed by atoms with Crippen LogP contribution in [-0.4, -0.2) is 16.6 Å². The van der Waals surface area contributed by atoms with Crippen molar-refractivity contribution in [1.82, 2.24) is 0 Å². The quantitative estimate of drug-likeness (QED) is 0.218. The van der Waals surface area contributed by atoms with Crippen LogP contribution in [0.15, 0.2) is 78.0 Å². The highest BCUT2D eigenvalue weighted by Crippen LogP contribution is 2.22. The van der Waals surface area contributed by atoms with Crippen molar-refractivity contribution in [2.45, 2.75) is 6.42 Å². The molecule has 0 saturated carbocycles. The highest BCUT2D eigenvalue weighted by atomic mass is 35.5. The van der Waals surface area contributed by atoms with Gasteiger partial charge in [0.05, 0.1) is 21.2 Å². The predicted octanol–water partition coefficient (Wildman–Crippen LogP) is 5.71. The number of non-ortho nitro benzene ring substituents is 1. The Morgan fingerprint density at radius 1 is 1.00 bits per heavy atom. The lowest BCUT2D eigenvalue weighted by molar-refractivity contribution is -0.384. The number of carbonyl (C=O) groups is 1. The van der Waals surface area contributed by atoms with E-state index < -0.39 is 10.9 Å². The minimum absolute atomic E-state index is 0.00393. The Morgan fingerprint density at radius 2 is 1.69 bits per heavy atom. The second-order valence-electron chi connectivity index (χ2n) is 6.01. The Labute approximate surface area is 176 Å². The van der Waals surface area contributed by atoms with Crippen molar-refractivity contribution < 1.29 is 14.6 Å². The van der Waals surface area contributed by atoms with Gasteiger partial charge < -0.3 is 4.84 Å². The molecule has 8 heteroatoms. The molecule has 0 unspecified atom stereocenters. The van der Waals surface area contributed by atoms with Crippen molar-refractivity contribution in [3.05, 3.63) is 110 Å². The van der Waals surface area contributed by atoms with Crippen molar-refractivity contribution in [2.75, 3.05) is 0 Å². The van der Waals surface area contributed by atoms with Crippen LogP contribution in [0.4, 0.5) is 5.69 Å². The molecule has 0 fully saturated rings. The van der Waals surface area contributed by atoms with Gasteiger partial charge in [-0.1, -0.05) is 70.8 Å². The first-order valence-corrected chi connectivity index (χ1v) is 9.21. The number of hydrogen-bond acceptors (Lipinski definition) is 5. The molecule has 3 aromatic rings. The number of halogens is 2. The number of nitro groups is 1. The highest BCUT2D eigenvalue weighted by Gasteiger charge is 2.14. The van der Waals surface area contributed by atoms with Gasteiger partial charge in [-0.2, -0.15) is 0 Å². The van der Waals surface area contributed by atoms with Crippen molar-refractivity contribution in [3.63, 3.8) is 0 Å². The maximum Gasteiger partial charge on any atom is 0.367 e. The number of benzene rings is 3. The molecular weight excluding hydrogens is 415 g/mol. The summed E-state index contributed by atoms with van der Waals surface area (Å²) in [5.74, 6) is -0.719.